The quantitative estimate of drug-likeness (QED) is 0.810. The number of carboxylic acid groups (broad SMARTS) is 1. The number of hydrogen-bond acceptors (Lipinski definition) is 2. The maximum atomic E-state index is 12.5. The number of aryl methyl sites for hydroxylation is 1. The number of imidazole rings is 1. The van der Waals surface area contributed by atoms with Crippen molar-refractivity contribution in [3.8, 4) is 0 Å². The molecule has 0 aliphatic carbocycles. The van der Waals surface area contributed by atoms with Crippen molar-refractivity contribution in [2.75, 3.05) is 0 Å². The molecule has 0 amide bonds. The highest BCUT2D eigenvalue weighted by molar-refractivity contribution is 5.85. The summed E-state index contributed by atoms with van der Waals surface area (Å²) in [6, 6.07) is 0. The molecule has 0 atom stereocenters. The second kappa shape index (κ2) is 3.73. The van der Waals surface area contributed by atoms with E-state index in [9.17, 15) is 13.6 Å². The Balaban J connectivity index is 2.68. The van der Waals surface area contributed by atoms with Gasteiger partial charge in [-0.3, -0.25) is 0 Å². The van der Waals surface area contributed by atoms with Crippen LogP contribution in [0.3, 0.4) is 0 Å². The molecule has 1 rings (SSSR count). The third kappa shape index (κ3) is 2.79. The summed E-state index contributed by atoms with van der Waals surface area (Å²) in [4.78, 5) is 14.1. The van der Waals surface area contributed by atoms with Gasteiger partial charge in [0.25, 0.3) is 0 Å². The third-order valence-corrected chi connectivity index (χ3v) is 1.72. The number of carboxylic acids is 1. The molecule has 0 radical (unpaired) electrons. The molecule has 0 aliphatic heterocycles. The molecule has 78 valence electrons. The van der Waals surface area contributed by atoms with Gasteiger partial charge in [0, 0.05) is 13.0 Å². The third-order valence-electron chi connectivity index (χ3n) is 1.72. The minimum Gasteiger partial charge on any atom is -0.477 e. The Morgan fingerprint density at radius 1 is 1.71 bits per heavy atom. The highest BCUT2D eigenvalue weighted by Crippen LogP contribution is 2.17. The fourth-order valence-electron chi connectivity index (χ4n) is 0.994. The molecular formula is C8H10F2N2O2. The van der Waals surface area contributed by atoms with Gasteiger partial charge in [0.2, 0.25) is 5.92 Å². The lowest BCUT2D eigenvalue weighted by molar-refractivity contribution is 0.00825. The largest absolute Gasteiger partial charge is 0.477 e. The topological polar surface area (TPSA) is 55.1 Å². The van der Waals surface area contributed by atoms with E-state index in [4.69, 9.17) is 5.11 Å². The van der Waals surface area contributed by atoms with Crippen LogP contribution in [-0.2, 0) is 6.54 Å². The molecule has 0 bridgehead atoms. The van der Waals surface area contributed by atoms with Crippen molar-refractivity contribution >= 4 is 5.97 Å². The molecule has 4 nitrogen and oxygen atoms in total. The van der Waals surface area contributed by atoms with Crippen molar-refractivity contribution in [2.45, 2.75) is 25.8 Å². The molecule has 0 aromatic carbocycles. The standard InChI is InChI=1S/C8H10F2N2O2/c1-8(9,10)2-3-12-5-11-4-6(12)7(13)14/h4-5H,2-3H2,1H3,(H,13,14). The van der Waals surface area contributed by atoms with Crippen LogP contribution in [0.15, 0.2) is 12.5 Å². The molecule has 0 aliphatic rings. The molecular weight excluding hydrogens is 194 g/mol. The first-order valence-electron chi connectivity index (χ1n) is 4.01. The Hall–Kier alpha value is -1.46. The normalized spacial score (nSPS) is 11.6. The van der Waals surface area contributed by atoms with Crippen molar-refractivity contribution in [2.24, 2.45) is 0 Å². The van der Waals surface area contributed by atoms with Crippen molar-refractivity contribution in [1.82, 2.24) is 9.55 Å². The Kier molecular flexibility index (Phi) is 2.83. The van der Waals surface area contributed by atoms with E-state index in [2.05, 4.69) is 4.98 Å². The van der Waals surface area contributed by atoms with Crippen LogP contribution in [0.25, 0.3) is 0 Å². The lowest BCUT2D eigenvalue weighted by atomic mass is 10.2. The fourth-order valence-corrected chi connectivity index (χ4v) is 0.994. The molecule has 14 heavy (non-hydrogen) atoms. The number of hydrogen-bond donors (Lipinski definition) is 1. The van der Waals surface area contributed by atoms with Crippen molar-refractivity contribution < 1.29 is 18.7 Å². The summed E-state index contributed by atoms with van der Waals surface area (Å²) in [5.41, 5.74) is -0.0748. The predicted octanol–water partition coefficient (Wildman–Crippen LogP) is 1.63. The van der Waals surface area contributed by atoms with E-state index in [1.54, 1.807) is 0 Å². The van der Waals surface area contributed by atoms with Crippen LogP contribution in [0.2, 0.25) is 0 Å². The summed E-state index contributed by atoms with van der Waals surface area (Å²) in [5.74, 6) is -3.96. The number of nitrogens with zero attached hydrogens (tertiary/aromatic N) is 2. The molecule has 0 unspecified atom stereocenters. The molecule has 1 aromatic rings. The first kappa shape index (κ1) is 10.6. The van der Waals surface area contributed by atoms with Gasteiger partial charge in [0.05, 0.1) is 12.5 Å². The molecule has 0 saturated carbocycles. The fraction of sp³-hybridized carbons (Fsp3) is 0.500. The van der Waals surface area contributed by atoms with Crippen LogP contribution >= 0.6 is 0 Å². The number of aromatic nitrogens is 2. The van der Waals surface area contributed by atoms with E-state index in [1.807, 2.05) is 0 Å². The maximum absolute atomic E-state index is 12.5. The summed E-state index contributed by atoms with van der Waals surface area (Å²) in [7, 11) is 0. The van der Waals surface area contributed by atoms with Crippen molar-refractivity contribution in [3.05, 3.63) is 18.2 Å². The SMILES string of the molecule is CC(F)(F)CCn1cncc1C(=O)O. The second-order valence-corrected chi connectivity index (χ2v) is 3.10. The van der Waals surface area contributed by atoms with Crippen LogP contribution in [0.4, 0.5) is 8.78 Å². The Morgan fingerprint density at radius 2 is 2.36 bits per heavy atom. The molecule has 1 heterocycles. The van der Waals surface area contributed by atoms with Crippen molar-refractivity contribution in [3.63, 3.8) is 0 Å². The zero-order valence-electron chi connectivity index (χ0n) is 7.57. The van der Waals surface area contributed by atoms with Crippen LogP contribution in [0, 0.1) is 0 Å². The monoisotopic (exact) mass is 204 g/mol. The van der Waals surface area contributed by atoms with Gasteiger partial charge < -0.3 is 9.67 Å². The van der Waals surface area contributed by atoms with Crippen molar-refractivity contribution in [1.29, 1.82) is 0 Å². The van der Waals surface area contributed by atoms with Gasteiger partial charge in [0.15, 0.2) is 0 Å². The summed E-state index contributed by atoms with van der Waals surface area (Å²) in [5, 5.41) is 8.64. The predicted molar refractivity (Wildman–Crippen MR) is 44.4 cm³/mol. The second-order valence-electron chi connectivity index (χ2n) is 3.10. The van der Waals surface area contributed by atoms with E-state index in [0.29, 0.717) is 0 Å². The summed E-state index contributed by atoms with van der Waals surface area (Å²) < 4.78 is 26.1. The molecule has 6 heteroatoms. The van der Waals surface area contributed by atoms with E-state index in [1.165, 1.54) is 10.9 Å². The number of halogens is 2. The number of aromatic carboxylic acids is 1. The number of alkyl halides is 2. The number of rotatable bonds is 4. The summed E-state index contributed by atoms with van der Waals surface area (Å²) in [6.45, 7) is 0.746. The first-order chi connectivity index (χ1) is 6.40. The lowest BCUT2D eigenvalue weighted by Crippen LogP contribution is -2.16. The zero-order valence-corrected chi connectivity index (χ0v) is 7.57. The highest BCUT2D eigenvalue weighted by Gasteiger charge is 2.21. The number of carbonyl (C=O) groups is 1. The Bertz CT molecular complexity index is 330. The lowest BCUT2D eigenvalue weighted by Gasteiger charge is -2.10. The van der Waals surface area contributed by atoms with E-state index < -0.39 is 18.3 Å². The van der Waals surface area contributed by atoms with Gasteiger partial charge in [-0.1, -0.05) is 0 Å². The maximum Gasteiger partial charge on any atom is 0.354 e. The van der Waals surface area contributed by atoms with Gasteiger partial charge in [-0.2, -0.15) is 0 Å². The summed E-state index contributed by atoms with van der Waals surface area (Å²) >= 11 is 0. The molecule has 1 N–H and O–H groups in total. The molecule has 0 saturated heterocycles. The van der Waals surface area contributed by atoms with E-state index in [0.717, 1.165) is 13.1 Å². The van der Waals surface area contributed by atoms with Gasteiger partial charge >= 0.3 is 5.97 Å². The van der Waals surface area contributed by atoms with E-state index in [-0.39, 0.29) is 12.2 Å². The van der Waals surface area contributed by atoms with E-state index >= 15 is 0 Å². The smallest absolute Gasteiger partial charge is 0.354 e. The average Bonchev–Trinajstić information content (AvgIpc) is 2.46. The minimum absolute atomic E-state index is 0.0505. The first-order valence-corrected chi connectivity index (χ1v) is 4.01. The van der Waals surface area contributed by atoms with Gasteiger partial charge in [-0.05, 0) is 6.92 Å². The minimum atomic E-state index is -2.79. The van der Waals surface area contributed by atoms with Gasteiger partial charge in [-0.15, -0.1) is 0 Å². The molecule has 0 spiro atoms. The van der Waals surface area contributed by atoms with Gasteiger partial charge in [0.1, 0.15) is 5.69 Å². The Labute approximate surface area is 79.2 Å². The molecule has 0 fully saturated rings. The van der Waals surface area contributed by atoms with Crippen LogP contribution < -0.4 is 0 Å². The molecule has 1 aromatic heterocycles. The zero-order chi connectivity index (χ0) is 10.8. The highest BCUT2D eigenvalue weighted by atomic mass is 19.3. The summed E-state index contributed by atoms with van der Waals surface area (Å²) in [6.07, 6.45) is 1.97. The van der Waals surface area contributed by atoms with Crippen LogP contribution in [0.5, 0.6) is 0 Å². The Morgan fingerprint density at radius 3 is 2.86 bits per heavy atom. The average molecular weight is 204 g/mol. The van der Waals surface area contributed by atoms with Crippen LogP contribution in [-0.4, -0.2) is 26.5 Å². The van der Waals surface area contributed by atoms with Gasteiger partial charge in [-0.25, -0.2) is 18.6 Å². The van der Waals surface area contributed by atoms with Crippen LogP contribution in [0.1, 0.15) is 23.8 Å².